The third kappa shape index (κ3) is 4.64. The summed E-state index contributed by atoms with van der Waals surface area (Å²) in [5.41, 5.74) is 1.26. The molecule has 2 aromatic rings. The number of carbonyl (C=O) groups is 2. The average Bonchev–Trinajstić information content (AvgIpc) is 2.68. The lowest BCUT2D eigenvalue weighted by atomic mass is 10.1. The van der Waals surface area contributed by atoms with Gasteiger partial charge in [0, 0.05) is 57.1 Å². The first-order valence-electron chi connectivity index (χ1n) is 8.88. The maximum absolute atomic E-state index is 12.9. The minimum absolute atomic E-state index is 0.0181. The van der Waals surface area contributed by atoms with Crippen molar-refractivity contribution in [1.82, 2.24) is 14.8 Å². The number of hydrogen-bond donors (Lipinski definition) is 0. The molecule has 1 aliphatic heterocycles. The number of Topliss-reactive ketones (excluding diaryl/α,β-unsaturated/α-hetero) is 1. The highest BCUT2D eigenvalue weighted by Gasteiger charge is 2.25. The van der Waals surface area contributed by atoms with E-state index in [2.05, 4.69) is 9.88 Å². The molecule has 1 amide bonds. The lowest BCUT2D eigenvalue weighted by Crippen LogP contribution is -2.50. The van der Waals surface area contributed by atoms with Crippen molar-refractivity contribution < 1.29 is 9.59 Å². The highest BCUT2D eigenvalue weighted by Crippen LogP contribution is 2.18. The summed E-state index contributed by atoms with van der Waals surface area (Å²) >= 11 is 5.87. The van der Waals surface area contributed by atoms with E-state index < -0.39 is 0 Å². The highest BCUT2D eigenvalue weighted by molar-refractivity contribution is 6.30. The van der Waals surface area contributed by atoms with Crippen LogP contribution in [0.3, 0.4) is 0 Å². The van der Waals surface area contributed by atoms with Crippen LogP contribution in [0.15, 0.2) is 42.6 Å². The van der Waals surface area contributed by atoms with Crippen LogP contribution >= 0.6 is 11.6 Å². The predicted molar refractivity (Wildman–Crippen MR) is 107 cm³/mol. The monoisotopic (exact) mass is 386 g/mol. The Morgan fingerprint density at radius 1 is 1.07 bits per heavy atom. The third-order valence-corrected chi connectivity index (χ3v) is 4.89. The topological polar surface area (TPSA) is 56.8 Å². The molecule has 2 heterocycles. The standard InChI is InChI=1S/C20H23ClN4O2/c1-23(2)19-17(4-3-9-22-19)20(27)25-12-10-24(11-13-25)14-18(26)15-5-7-16(21)8-6-15/h3-9H,10-14H2,1-2H3. The van der Waals surface area contributed by atoms with Crippen LogP contribution in [0.25, 0.3) is 0 Å². The molecule has 27 heavy (non-hydrogen) atoms. The molecule has 142 valence electrons. The largest absolute Gasteiger partial charge is 0.362 e. The van der Waals surface area contributed by atoms with Gasteiger partial charge in [0.1, 0.15) is 5.82 Å². The molecule has 0 bridgehead atoms. The van der Waals surface area contributed by atoms with Gasteiger partial charge in [-0.2, -0.15) is 0 Å². The van der Waals surface area contributed by atoms with Crippen molar-refractivity contribution in [3.8, 4) is 0 Å². The van der Waals surface area contributed by atoms with Crippen molar-refractivity contribution >= 4 is 29.1 Å². The second-order valence-electron chi connectivity index (χ2n) is 6.77. The zero-order valence-electron chi connectivity index (χ0n) is 15.6. The first-order valence-corrected chi connectivity index (χ1v) is 9.26. The molecule has 3 rings (SSSR count). The quantitative estimate of drug-likeness (QED) is 0.739. The van der Waals surface area contributed by atoms with Crippen LogP contribution in [0.4, 0.5) is 5.82 Å². The van der Waals surface area contributed by atoms with Crippen LogP contribution in [-0.4, -0.2) is 73.3 Å². The Hall–Kier alpha value is -2.44. The number of piperazine rings is 1. The molecule has 1 aliphatic rings. The van der Waals surface area contributed by atoms with Crippen LogP contribution in [0.1, 0.15) is 20.7 Å². The zero-order valence-corrected chi connectivity index (χ0v) is 16.3. The van der Waals surface area contributed by atoms with Gasteiger partial charge in [0.15, 0.2) is 5.78 Å². The van der Waals surface area contributed by atoms with E-state index in [1.807, 2.05) is 23.9 Å². The van der Waals surface area contributed by atoms with E-state index >= 15 is 0 Å². The molecule has 1 saturated heterocycles. The van der Waals surface area contributed by atoms with E-state index in [0.717, 1.165) is 0 Å². The number of hydrogen-bond acceptors (Lipinski definition) is 5. The zero-order chi connectivity index (χ0) is 19.4. The van der Waals surface area contributed by atoms with Gasteiger partial charge in [-0.3, -0.25) is 14.5 Å². The smallest absolute Gasteiger partial charge is 0.257 e. The van der Waals surface area contributed by atoms with Crippen molar-refractivity contribution in [3.63, 3.8) is 0 Å². The third-order valence-electron chi connectivity index (χ3n) is 4.63. The van der Waals surface area contributed by atoms with Gasteiger partial charge in [-0.05, 0) is 36.4 Å². The lowest BCUT2D eigenvalue weighted by Gasteiger charge is -2.34. The Kier molecular flexibility index (Phi) is 6.08. The molecule has 0 saturated carbocycles. The van der Waals surface area contributed by atoms with Gasteiger partial charge < -0.3 is 9.80 Å². The average molecular weight is 387 g/mol. The summed E-state index contributed by atoms with van der Waals surface area (Å²) in [6, 6.07) is 10.5. The molecule has 0 atom stereocenters. The van der Waals surface area contributed by atoms with E-state index in [9.17, 15) is 9.59 Å². The van der Waals surface area contributed by atoms with Gasteiger partial charge in [0.2, 0.25) is 0 Å². The Balaban J connectivity index is 1.58. The van der Waals surface area contributed by atoms with Crippen molar-refractivity contribution in [1.29, 1.82) is 0 Å². The van der Waals surface area contributed by atoms with E-state index in [1.54, 1.807) is 42.6 Å². The summed E-state index contributed by atoms with van der Waals surface area (Å²) in [4.78, 5) is 35.3. The maximum Gasteiger partial charge on any atom is 0.257 e. The Labute approximate surface area is 164 Å². The number of ketones is 1. The highest BCUT2D eigenvalue weighted by atomic mass is 35.5. The lowest BCUT2D eigenvalue weighted by molar-refractivity contribution is 0.0624. The van der Waals surface area contributed by atoms with Gasteiger partial charge in [-0.25, -0.2) is 4.98 Å². The molecular formula is C20H23ClN4O2. The summed E-state index contributed by atoms with van der Waals surface area (Å²) in [6.45, 7) is 2.87. The number of pyridine rings is 1. The summed E-state index contributed by atoms with van der Waals surface area (Å²) in [5.74, 6) is 0.715. The van der Waals surface area contributed by atoms with Crippen molar-refractivity contribution in [3.05, 3.63) is 58.7 Å². The minimum atomic E-state index is -0.0181. The molecule has 7 heteroatoms. The molecule has 1 aromatic heterocycles. The molecule has 6 nitrogen and oxygen atoms in total. The number of benzene rings is 1. The second kappa shape index (κ2) is 8.50. The molecule has 0 spiro atoms. The fraction of sp³-hybridized carbons (Fsp3) is 0.350. The fourth-order valence-electron chi connectivity index (χ4n) is 3.13. The predicted octanol–water partition coefficient (Wildman–Crippen LogP) is 2.44. The van der Waals surface area contributed by atoms with Gasteiger partial charge >= 0.3 is 0 Å². The summed E-state index contributed by atoms with van der Waals surface area (Å²) < 4.78 is 0. The van der Waals surface area contributed by atoms with Gasteiger partial charge in [-0.1, -0.05) is 11.6 Å². The number of rotatable bonds is 5. The number of nitrogens with zero attached hydrogens (tertiary/aromatic N) is 4. The molecule has 0 unspecified atom stereocenters. The second-order valence-corrected chi connectivity index (χ2v) is 7.20. The first kappa shape index (κ1) is 19.3. The van der Waals surface area contributed by atoms with Crippen LogP contribution in [0.2, 0.25) is 5.02 Å². The van der Waals surface area contributed by atoms with E-state index in [4.69, 9.17) is 11.6 Å². The summed E-state index contributed by atoms with van der Waals surface area (Å²) in [5, 5.41) is 0.617. The van der Waals surface area contributed by atoms with Gasteiger partial charge in [-0.15, -0.1) is 0 Å². The number of aromatic nitrogens is 1. The van der Waals surface area contributed by atoms with Crippen LogP contribution in [-0.2, 0) is 0 Å². The number of halogens is 1. The normalized spacial score (nSPS) is 14.9. The Bertz CT molecular complexity index is 815. The molecule has 1 fully saturated rings. The van der Waals surface area contributed by atoms with E-state index in [0.29, 0.717) is 54.7 Å². The molecular weight excluding hydrogens is 364 g/mol. The van der Waals surface area contributed by atoms with Crippen LogP contribution < -0.4 is 4.90 Å². The van der Waals surface area contributed by atoms with E-state index in [1.165, 1.54) is 0 Å². The fourth-order valence-corrected chi connectivity index (χ4v) is 3.26. The van der Waals surface area contributed by atoms with Crippen molar-refractivity contribution in [2.45, 2.75) is 0 Å². The van der Waals surface area contributed by atoms with E-state index in [-0.39, 0.29) is 11.7 Å². The first-order chi connectivity index (χ1) is 13.0. The van der Waals surface area contributed by atoms with Crippen LogP contribution in [0.5, 0.6) is 0 Å². The van der Waals surface area contributed by atoms with Crippen molar-refractivity contribution in [2.75, 3.05) is 51.7 Å². The number of anilines is 1. The molecule has 1 aromatic carbocycles. The Morgan fingerprint density at radius 3 is 2.37 bits per heavy atom. The molecule has 0 N–H and O–H groups in total. The van der Waals surface area contributed by atoms with Gasteiger partial charge in [0.25, 0.3) is 5.91 Å². The Morgan fingerprint density at radius 2 is 1.74 bits per heavy atom. The van der Waals surface area contributed by atoms with Gasteiger partial charge in [0.05, 0.1) is 12.1 Å². The summed E-state index contributed by atoms with van der Waals surface area (Å²) in [7, 11) is 3.75. The van der Waals surface area contributed by atoms with Crippen LogP contribution in [0, 0.1) is 0 Å². The SMILES string of the molecule is CN(C)c1ncccc1C(=O)N1CCN(CC(=O)c2ccc(Cl)cc2)CC1. The minimum Gasteiger partial charge on any atom is -0.362 e. The number of carbonyl (C=O) groups excluding carboxylic acids is 2. The number of amides is 1. The maximum atomic E-state index is 12.9. The summed E-state index contributed by atoms with van der Waals surface area (Å²) in [6.07, 6.45) is 1.69. The van der Waals surface area contributed by atoms with Crippen molar-refractivity contribution in [2.24, 2.45) is 0 Å². The molecule has 0 radical (unpaired) electrons. The molecule has 0 aliphatic carbocycles.